The van der Waals surface area contributed by atoms with Gasteiger partial charge in [-0.15, -0.1) is 0 Å². The molecule has 152 valence electrons. The van der Waals surface area contributed by atoms with E-state index >= 15 is 0 Å². The number of carbonyl (C=O) groups is 3. The second-order valence-electron chi connectivity index (χ2n) is 7.58. The predicted octanol–water partition coefficient (Wildman–Crippen LogP) is 2.31. The van der Waals surface area contributed by atoms with Crippen molar-refractivity contribution in [3.8, 4) is 0 Å². The first-order valence-corrected chi connectivity index (χ1v) is 9.85. The van der Waals surface area contributed by atoms with Crippen LogP contribution in [0.3, 0.4) is 0 Å². The van der Waals surface area contributed by atoms with Gasteiger partial charge in [0.2, 0.25) is 5.76 Å². The van der Waals surface area contributed by atoms with Gasteiger partial charge < -0.3 is 14.3 Å². The van der Waals surface area contributed by atoms with E-state index in [9.17, 15) is 14.4 Å². The van der Waals surface area contributed by atoms with E-state index in [0.29, 0.717) is 38.9 Å². The van der Waals surface area contributed by atoms with Crippen molar-refractivity contribution in [1.82, 2.24) is 19.9 Å². The third-order valence-corrected chi connectivity index (χ3v) is 5.93. The smallest absolute Gasteiger partial charge is 0.327 e. The van der Waals surface area contributed by atoms with Crippen LogP contribution in [-0.2, 0) is 17.8 Å². The lowest BCUT2D eigenvalue weighted by Gasteiger charge is -2.42. The van der Waals surface area contributed by atoms with Gasteiger partial charge in [-0.3, -0.25) is 14.5 Å². The Balaban J connectivity index is 1.53. The first-order valence-electron chi connectivity index (χ1n) is 9.85. The number of carbonyl (C=O) groups excluding carboxylic acids is 3. The van der Waals surface area contributed by atoms with Crippen molar-refractivity contribution in [3.63, 3.8) is 0 Å². The standard InChI is InChI=1S/C21H24N4O4/c1-3-16-13-17(29-22-16)18(26)24-11-9-21(10-12-24)19(27)23(2)20(28)25(21)14-15-7-5-4-6-8-15/h4-8,13H,3,9-12,14H2,1-2H3. The Morgan fingerprint density at radius 2 is 1.86 bits per heavy atom. The van der Waals surface area contributed by atoms with Crippen LogP contribution in [0.15, 0.2) is 40.9 Å². The van der Waals surface area contributed by atoms with Crippen LogP contribution in [0.5, 0.6) is 0 Å². The molecule has 0 aliphatic carbocycles. The number of benzene rings is 1. The number of amides is 4. The summed E-state index contributed by atoms with van der Waals surface area (Å²) in [7, 11) is 1.52. The van der Waals surface area contributed by atoms with Crippen LogP contribution in [0, 0.1) is 0 Å². The number of urea groups is 1. The molecular weight excluding hydrogens is 372 g/mol. The highest BCUT2D eigenvalue weighted by Gasteiger charge is 2.57. The molecule has 8 nitrogen and oxygen atoms in total. The second kappa shape index (κ2) is 7.35. The number of nitrogens with zero attached hydrogens (tertiary/aromatic N) is 4. The molecule has 3 heterocycles. The molecule has 0 unspecified atom stereocenters. The molecule has 1 aromatic heterocycles. The molecule has 1 spiro atoms. The maximum atomic E-state index is 13.0. The van der Waals surface area contributed by atoms with Crippen LogP contribution < -0.4 is 0 Å². The van der Waals surface area contributed by atoms with E-state index in [2.05, 4.69) is 5.16 Å². The number of rotatable bonds is 4. The number of aryl methyl sites for hydroxylation is 1. The van der Waals surface area contributed by atoms with Crippen LogP contribution in [-0.4, -0.2) is 63.4 Å². The van der Waals surface area contributed by atoms with Gasteiger partial charge in [0.05, 0.1) is 5.69 Å². The van der Waals surface area contributed by atoms with E-state index in [1.807, 2.05) is 37.3 Å². The van der Waals surface area contributed by atoms with Crippen molar-refractivity contribution in [2.24, 2.45) is 0 Å². The van der Waals surface area contributed by atoms with Gasteiger partial charge in [-0.2, -0.15) is 0 Å². The van der Waals surface area contributed by atoms with Gasteiger partial charge in [-0.25, -0.2) is 4.79 Å². The van der Waals surface area contributed by atoms with Gasteiger partial charge in [0.1, 0.15) is 5.54 Å². The Morgan fingerprint density at radius 3 is 2.48 bits per heavy atom. The normalized spacial score (nSPS) is 18.8. The molecule has 4 amide bonds. The predicted molar refractivity (Wildman–Crippen MR) is 104 cm³/mol. The van der Waals surface area contributed by atoms with Gasteiger partial charge in [0.15, 0.2) is 0 Å². The number of likely N-dealkylation sites (tertiary alicyclic amines) is 1. The minimum atomic E-state index is -0.908. The van der Waals surface area contributed by atoms with E-state index in [-0.39, 0.29) is 23.6 Å². The summed E-state index contributed by atoms with van der Waals surface area (Å²) in [5.74, 6) is -0.213. The summed E-state index contributed by atoms with van der Waals surface area (Å²) in [4.78, 5) is 43.1. The molecule has 29 heavy (non-hydrogen) atoms. The monoisotopic (exact) mass is 396 g/mol. The summed E-state index contributed by atoms with van der Waals surface area (Å²) in [6.45, 7) is 3.06. The lowest BCUT2D eigenvalue weighted by molar-refractivity contribution is -0.134. The fraction of sp³-hybridized carbons (Fsp3) is 0.429. The van der Waals surface area contributed by atoms with Crippen LogP contribution in [0.4, 0.5) is 4.79 Å². The molecule has 2 fully saturated rings. The summed E-state index contributed by atoms with van der Waals surface area (Å²) in [5, 5.41) is 3.88. The quantitative estimate of drug-likeness (QED) is 0.740. The third kappa shape index (κ3) is 3.18. The van der Waals surface area contributed by atoms with Crippen molar-refractivity contribution < 1.29 is 18.9 Å². The second-order valence-corrected chi connectivity index (χ2v) is 7.58. The molecule has 8 heteroatoms. The zero-order valence-corrected chi connectivity index (χ0v) is 16.6. The number of aromatic nitrogens is 1. The maximum Gasteiger partial charge on any atom is 0.327 e. The highest BCUT2D eigenvalue weighted by atomic mass is 16.5. The Labute approximate surface area is 169 Å². The maximum absolute atomic E-state index is 13.0. The lowest BCUT2D eigenvalue weighted by Crippen LogP contribution is -2.57. The Bertz CT molecular complexity index is 931. The van der Waals surface area contributed by atoms with E-state index < -0.39 is 5.54 Å². The SMILES string of the molecule is CCc1cc(C(=O)N2CCC3(CC2)C(=O)N(C)C(=O)N3Cc2ccccc2)on1. The van der Waals surface area contributed by atoms with Gasteiger partial charge in [-0.1, -0.05) is 42.4 Å². The number of likely N-dealkylation sites (N-methyl/N-ethyl adjacent to an activating group) is 1. The largest absolute Gasteiger partial charge is 0.351 e. The van der Waals surface area contributed by atoms with Crippen LogP contribution in [0.1, 0.15) is 41.6 Å². The summed E-state index contributed by atoms with van der Waals surface area (Å²) in [5.41, 5.74) is 0.790. The zero-order valence-electron chi connectivity index (χ0n) is 16.6. The number of hydrogen-bond donors (Lipinski definition) is 0. The van der Waals surface area contributed by atoms with Crippen molar-refractivity contribution in [2.45, 2.75) is 38.3 Å². The summed E-state index contributed by atoms with van der Waals surface area (Å²) >= 11 is 0. The molecule has 1 aromatic carbocycles. The Kier molecular flexibility index (Phi) is 4.86. The molecule has 0 radical (unpaired) electrons. The number of imide groups is 1. The van der Waals surface area contributed by atoms with E-state index in [0.717, 1.165) is 11.3 Å². The molecule has 2 aromatic rings. The zero-order chi connectivity index (χ0) is 20.6. The summed E-state index contributed by atoms with van der Waals surface area (Å²) in [6, 6.07) is 11.0. The highest BCUT2D eigenvalue weighted by molar-refractivity contribution is 6.07. The number of hydrogen-bond acceptors (Lipinski definition) is 5. The average molecular weight is 396 g/mol. The molecule has 0 bridgehead atoms. The minimum Gasteiger partial charge on any atom is -0.351 e. The van der Waals surface area contributed by atoms with E-state index in [1.54, 1.807) is 15.9 Å². The van der Waals surface area contributed by atoms with Gasteiger partial charge in [-0.05, 0) is 24.8 Å². The highest BCUT2D eigenvalue weighted by Crippen LogP contribution is 2.38. The topological polar surface area (TPSA) is 87.0 Å². The van der Waals surface area contributed by atoms with Crippen molar-refractivity contribution in [2.75, 3.05) is 20.1 Å². The first-order chi connectivity index (χ1) is 14.0. The van der Waals surface area contributed by atoms with Crippen LogP contribution in [0.25, 0.3) is 0 Å². The van der Waals surface area contributed by atoms with Crippen molar-refractivity contribution in [1.29, 1.82) is 0 Å². The van der Waals surface area contributed by atoms with Gasteiger partial charge >= 0.3 is 6.03 Å². The summed E-state index contributed by atoms with van der Waals surface area (Å²) < 4.78 is 5.16. The molecule has 0 saturated carbocycles. The molecule has 0 atom stereocenters. The fourth-order valence-electron chi connectivity index (χ4n) is 4.16. The lowest BCUT2D eigenvalue weighted by atomic mass is 9.85. The van der Waals surface area contributed by atoms with Crippen LogP contribution in [0.2, 0.25) is 0 Å². The number of piperidine rings is 1. The van der Waals surface area contributed by atoms with Crippen molar-refractivity contribution >= 4 is 17.8 Å². The fourth-order valence-corrected chi connectivity index (χ4v) is 4.16. The minimum absolute atomic E-state index is 0.196. The molecule has 2 aliphatic heterocycles. The van der Waals surface area contributed by atoms with Crippen molar-refractivity contribution in [3.05, 3.63) is 53.4 Å². The summed E-state index contributed by atoms with van der Waals surface area (Å²) in [6.07, 6.45) is 1.49. The Morgan fingerprint density at radius 1 is 1.17 bits per heavy atom. The molecular formula is C21H24N4O4. The molecule has 2 saturated heterocycles. The van der Waals surface area contributed by atoms with E-state index in [1.165, 1.54) is 11.9 Å². The third-order valence-electron chi connectivity index (χ3n) is 5.93. The first kappa shape index (κ1) is 19.2. The molecule has 2 aliphatic rings. The average Bonchev–Trinajstić information content (AvgIpc) is 3.30. The van der Waals surface area contributed by atoms with Gasteiger partial charge in [0.25, 0.3) is 11.8 Å². The van der Waals surface area contributed by atoms with E-state index in [4.69, 9.17) is 4.52 Å². The van der Waals surface area contributed by atoms with Crippen LogP contribution >= 0.6 is 0 Å². The van der Waals surface area contributed by atoms with Gasteiger partial charge in [0, 0.05) is 32.7 Å². The molecule has 4 rings (SSSR count). The molecule has 0 N–H and O–H groups in total. The Hall–Kier alpha value is -3.16.